The van der Waals surface area contributed by atoms with E-state index in [4.69, 9.17) is 11.6 Å². The van der Waals surface area contributed by atoms with Crippen molar-refractivity contribution in [3.8, 4) is 0 Å². The molecule has 2 aromatic heterocycles. The Morgan fingerprint density at radius 3 is 3.00 bits per heavy atom. The van der Waals surface area contributed by atoms with E-state index in [0.717, 1.165) is 12.2 Å². The number of aromatic amines is 1. The second-order valence-electron chi connectivity index (χ2n) is 3.82. The fourth-order valence-electron chi connectivity index (χ4n) is 1.52. The van der Waals surface area contributed by atoms with E-state index in [1.165, 1.54) is 0 Å². The van der Waals surface area contributed by atoms with Crippen LogP contribution < -0.4 is 10.6 Å². The van der Waals surface area contributed by atoms with E-state index in [1.54, 1.807) is 24.7 Å². The lowest BCUT2D eigenvalue weighted by atomic mass is 10.3. The van der Waals surface area contributed by atoms with Gasteiger partial charge in [0, 0.05) is 12.7 Å². The average Bonchev–Trinajstić information content (AvgIpc) is 2.92. The van der Waals surface area contributed by atoms with Crippen molar-refractivity contribution in [3.05, 3.63) is 41.1 Å². The Hall–Kier alpha value is -2.08. The lowest BCUT2D eigenvalue weighted by molar-refractivity contribution is 0.0946. The molecule has 0 atom stereocenters. The summed E-state index contributed by atoms with van der Waals surface area (Å²) in [7, 11) is 0. The summed E-state index contributed by atoms with van der Waals surface area (Å²) in [5.41, 5.74) is 1.02. The molecular formula is C12H14ClN5O. The maximum absolute atomic E-state index is 12.0. The molecule has 0 aromatic carbocycles. The van der Waals surface area contributed by atoms with Gasteiger partial charge in [-0.3, -0.25) is 4.79 Å². The molecule has 0 aliphatic heterocycles. The third-order valence-corrected chi connectivity index (χ3v) is 2.72. The minimum Gasteiger partial charge on any atom is -0.370 e. The van der Waals surface area contributed by atoms with Crippen LogP contribution in [-0.2, 0) is 6.54 Å². The number of anilines is 1. The van der Waals surface area contributed by atoms with Crippen LogP contribution in [0.25, 0.3) is 0 Å². The fraction of sp³-hybridized carbons (Fsp3) is 0.250. The van der Waals surface area contributed by atoms with Gasteiger partial charge in [-0.2, -0.15) is 0 Å². The zero-order valence-electron chi connectivity index (χ0n) is 10.4. The minimum atomic E-state index is -0.320. The maximum atomic E-state index is 12.0. The van der Waals surface area contributed by atoms with Gasteiger partial charge >= 0.3 is 0 Å². The maximum Gasteiger partial charge on any atom is 0.271 e. The molecule has 7 heteroatoms. The molecule has 1 amide bonds. The number of carbonyl (C=O) groups is 1. The van der Waals surface area contributed by atoms with Gasteiger partial charge in [0.25, 0.3) is 5.91 Å². The molecule has 2 heterocycles. The van der Waals surface area contributed by atoms with Gasteiger partial charge in [0.15, 0.2) is 0 Å². The molecule has 0 fully saturated rings. The number of hydrogen-bond acceptors (Lipinski definition) is 4. The van der Waals surface area contributed by atoms with Crippen molar-refractivity contribution < 1.29 is 4.79 Å². The molecule has 0 aliphatic rings. The number of hydrogen-bond donors (Lipinski definition) is 3. The van der Waals surface area contributed by atoms with Gasteiger partial charge in [-0.1, -0.05) is 11.6 Å². The van der Waals surface area contributed by atoms with E-state index in [0.29, 0.717) is 17.4 Å². The number of halogens is 1. The molecule has 0 spiro atoms. The molecule has 3 N–H and O–H groups in total. The molecule has 0 saturated carbocycles. The van der Waals surface area contributed by atoms with E-state index in [-0.39, 0.29) is 11.6 Å². The highest BCUT2D eigenvalue weighted by atomic mass is 35.5. The molecular weight excluding hydrogens is 266 g/mol. The van der Waals surface area contributed by atoms with E-state index in [1.807, 2.05) is 6.92 Å². The summed E-state index contributed by atoms with van der Waals surface area (Å²) in [5.74, 6) is 0.304. The number of rotatable bonds is 5. The first-order valence-electron chi connectivity index (χ1n) is 5.86. The van der Waals surface area contributed by atoms with Crippen molar-refractivity contribution in [2.24, 2.45) is 0 Å². The summed E-state index contributed by atoms with van der Waals surface area (Å²) in [6.07, 6.45) is 3.20. The summed E-state index contributed by atoms with van der Waals surface area (Å²) in [4.78, 5) is 22.9. The molecule has 0 saturated heterocycles. The first-order valence-corrected chi connectivity index (χ1v) is 6.24. The molecule has 0 bridgehead atoms. The van der Waals surface area contributed by atoms with E-state index < -0.39 is 0 Å². The molecule has 2 rings (SSSR count). The van der Waals surface area contributed by atoms with Crippen LogP contribution >= 0.6 is 11.6 Å². The number of H-pyrrole nitrogens is 1. The van der Waals surface area contributed by atoms with E-state index in [9.17, 15) is 4.79 Å². The third-order valence-electron chi connectivity index (χ3n) is 2.41. The predicted octanol–water partition coefficient (Wildman–Crippen LogP) is 1.82. The average molecular weight is 280 g/mol. The van der Waals surface area contributed by atoms with Gasteiger partial charge in [0.05, 0.1) is 23.6 Å². The largest absolute Gasteiger partial charge is 0.370 e. The first-order chi connectivity index (χ1) is 9.20. The highest BCUT2D eigenvalue weighted by molar-refractivity contribution is 6.33. The van der Waals surface area contributed by atoms with Gasteiger partial charge in [-0.15, -0.1) is 0 Å². The Morgan fingerprint density at radius 1 is 1.47 bits per heavy atom. The number of carbonyl (C=O) groups excluding carboxylic acids is 1. The normalized spacial score (nSPS) is 10.2. The summed E-state index contributed by atoms with van der Waals surface area (Å²) in [6, 6.07) is 3.38. The van der Waals surface area contributed by atoms with Crippen molar-refractivity contribution in [2.75, 3.05) is 11.9 Å². The van der Waals surface area contributed by atoms with E-state index in [2.05, 4.69) is 25.6 Å². The van der Waals surface area contributed by atoms with Gasteiger partial charge in [-0.25, -0.2) is 9.97 Å². The molecule has 100 valence electrons. The van der Waals surface area contributed by atoms with Crippen LogP contribution in [0.4, 0.5) is 5.82 Å². The minimum absolute atomic E-state index is 0.208. The molecule has 0 radical (unpaired) electrons. The van der Waals surface area contributed by atoms with Crippen LogP contribution in [0.2, 0.25) is 5.02 Å². The standard InChI is InChI=1S/C12H14ClN5O/c1-2-15-10-4-3-9(13)11(18-10)12(19)16-6-8-5-14-7-17-8/h3-5,7H,2,6H2,1H3,(H,14,17)(H,15,18)(H,16,19). The van der Waals surface area contributed by atoms with Crippen molar-refractivity contribution in [2.45, 2.75) is 13.5 Å². The Balaban J connectivity index is 2.07. The summed E-state index contributed by atoms with van der Waals surface area (Å²) in [6.45, 7) is 3.03. The smallest absolute Gasteiger partial charge is 0.271 e. The van der Waals surface area contributed by atoms with Crippen molar-refractivity contribution in [1.82, 2.24) is 20.3 Å². The molecule has 6 nitrogen and oxygen atoms in total. The number of pyridine rings is 1. The fourth-order valence-corrected chi connectivity index (χ4v) is 1.71. The van der Waals surface area contributed by atoms with Crippen LogP contribution in [0.3, 0.4) is 0 Å². The summed E-state index contributed by atoms with van der Waals surface area (Å²) in [5, 5.41) is 6.08. The third kappa shape index (κ3) is 3.45. The van der Waals surface area contributed by atoms with Crippen molar-refractivity contribution in [1.29, 1.82) is 0 Å². The highest BCUT2D eigenvalue weighted by Crippen LogP contribution is 2.16. The van der Waals surface area contributed by atoms with Crippen LogP contribution in [0.5, 0.6) is 0 Å². The predicted molar refractivity (Wildman–Crippen MR) is 73.2 cm³/mol. The Labute approximate surface area is 115 Å². The zero-order valence-corrected chi connectivity index (χ0v) is 11.2. The number of aromatic nitrogens is 3. The Kier molecular flexibility index (Phi) is 4.35. The van der Waals surface area contributed by atoms with Crippen LogP contribution in [0.15, 0.2) is 24.7 Å². The number of imidazole rings is 1. The number of amides is 1. The molecule has 0 aliphatic carbocycles. The molecule has 0 unspecified atom stereocenters. The zero-order chi connectivity index (χ0) is 13.7. The van der Waals surface area contributed by atoms with Crippen LogP contribution in [0.1, 0.15) is 23.1 Å². The first kappa shape index (κ1) is 13.4. The van der Waals surface area contributed by atoms with Gasteiger partial charge < -0.3 is 15.6 Å². The Morgan fingerprint density at radius 2 is 2.32 bits per heavy atom. The van der Waals surface area contributed by atoms with Crippen molar-refractivity contribution in [3.63, 3.8) is 0 Å². The van der Waals surface area contributed by atoms with Gasteiger partial charge in [-0.05, 0) is 19.1 Å². The lowest BCUT2D eigenvalue weighted by Gasteiger charge is -2.08. The van der Waals surface area contributed by atoms with E-state index >= 15 is 0 Å². The molecule has 19 heavy (non-hydrogen) atoms. The number of nitrogens with one attached hydrogen (secondary N) is 3. The second kappa shape index (κ2) is 6.19. The van der Waals surface area contributed by atoms with Crippen molar-refractivity contribution >= 4 is 23.3 Å². The summed E-state index contributed by atoms with van der Waals surface area (Å²) < 4.78 is 0. The number of nitrogens with zero attached hydrogens (tertiary/aromatic N) is 2. The Bertz CT molecular complexity index is 555. The lowest BCUT2D eigenvalue weighted by Crippen LogP contribution is -2.24. The SMILES string of the molecule is CCNc1ccc(Cl)c(C(=O)NCc2cnc[nH]2)n1. The van der Waals surface area contributed by atoms with Gasteiger partial charge in [0.2, 0.25) is 0 Å². The quantitative estimate of drug-likeness (QED) is 0.780. The summed E-state index contributed by atoms with van der Waals surface area (Å²) >= 11 is 5.98. The monoisotopic (exact) mass is 279 g/mol. The molecule has 2 aromatic rings. The van der Waals surface area contributed by atoms with Crippen LogP contribution in [-0.4, -0.2) is 27.4 Å². The van der Waals surface area contributed by atoms with Crippen LogP contribution in [0, 0.1) is 0 Å². The topological polar surface area (TPSA) is 82.7 Å². The van der Waals surface area contributed by atoms with Gasteiger partial charge in [0.1, 0.15) is 11.5 Å². The highest BCUT2D eigenvalue weighted by Gasteiger charge is 2.13. The second-order valence-corrected chi connectivity index (χ2v) is 4.22.